The Morgan fingerprint density at radius 3 is 2.47 bits per heavy atom. The summed E-state index contributed by atoms with van der Waals surface area (Å²) in [7, 11) is -3.47. The standard InChI is InChI=1S/C11H15BrO4S/c1-17(14,15)16-11-6-2-5-3-8(11)10(13)7(4-6)9(5)12/h5-9,11H,2-4H2,1H3/t5?,6?,7?,8?,9-,11+/m1/s1. The lowest BCUT2D eigenvalue weighted by Gasteiger charge is -2.54. The van der Waals surface area contributed by atoms with E-state index in [1.54, 1.807) is 0 Å². The molecule has 6 atom stereocenters. The summed E-state index contributed by atoms with van der Waals surface area (Å²) in [5.74, 6) is 0.844. The lowest BCUT2D eigenvalue weighted by molar-refractivity contribution is -0.150. The molecule has 0 aromatic rings. The molecule has 0 amide bonds. The molecule has 4 bridgehead atoms. The van der Waals surface area contributed by atoms with Crippen LogP contribution in [0, 0.1) is 23.7 Å². The second-order valence-corrected chi connectivity index (χ2v) is 8.21. The van der Waals surface area contributed by atoms with E-state index in [1.165, 1.54) is 0 Å². The molecule has 4 fully saturated rings. The van der Waals surface area contributed by atoms with E-state index in [9.17, 15) is 13.2 Å². The number of hydrogen-bond donors (Lipinski definition) is 0. The van der Waals surface area contributed by atoms with Gasteiger partial charge in [0.1, 0.15) is 5.78 Å². The third-order valence-electron chi connectivity index (χ3n) is 4.43. The first kappa shape index (κ1) is 12.1. The van der Waals surface area contributed by atoms with Gasteiger partial charge in [0.2, 0.25) is 0 Å². The summed E-state index contributed by atoms with van der Waals surface area (Å²) in [4.78, 5) is 12.5. The van der Waals surface area contributed by atoms with Gasteiger partial charge in [0, 0.05) is 16.7 Å². The molecule has 0 spiro atoms. The van der Waals surface area contributed by atoms with Crippen LogP contribution < -0.4 is 0 Å². The third kappa shape index (κ3) is 1.88. The molecule has 6 heteroatoms. The van der Waals surface area contributed by atoms with E-state index in [-0.39, 0.29) is 23.5 Å². The Hall–Kier alpha value is 0.0600. The second kappa shape index (κ2) is 3.78. The van der Waals surface area contributed by atoms with Crippen molar-refractivity contribution in [2.75, 3.05) is 6.26 Å². The van der Waals surface area contributed by atoms with Crippen molar-refractivity contribution in [3.63, 3.8) is 0 Å². The van der Waals surface area contributed by atoms with Crippen LogP contribution in [0.5, 0.6) is 0 Å². The number of alkyl halides is 1. The average molecular weight is 323 g/mol. The molecular formula is C11H15BrO4S. The third-order valence-corrected chi connectivity index (χ3v) is 6.39. The summed E-state index contributed by atoms with van der Waals surface area (Å²) in [5, 5.41) is 0. The number of hydrogen-bond acceptors (Lipinski definition) is 4. The number of halogens is 1. The first-order valence-electron chi connectivity index (χ1n) is 5.93. The van der Waals surface area contributed by atoms with Crippen molar-refractivity contribution in [1.82, 2.24) is 0 Å². The van der Waals surface area contributed by atoms with Gasteiger partial charge in [-0.3, -0.25) is 8.98 Å². The molecule has 4 nitrogen and oxygen atoms in total. The van der Waals surface area contributed by atoms with E-state index in [4.69, 9.17) is 4.18 Å². The van der Waals surface area contributed by atoms with Crippen molar-refractivity contribution in [3.8, 4) is 0 Å². The lowest BCUT2D eigenvalue weighted by atomic mass is 9.54. The Balaban J connectivity index is 1.89. The summed E-state index contributed by atoms with van der Waals surface area (Å²) in [5.41, 5.74) is 0. The summed E-state index contributed by atoms with van der Waals surface area (Å²) in [6.45, 7) is 0. The van der Waals surface area contributed by atoms with Gasteiger partial charge >= 0.3 is 0 Å². The first-order valence-corrected chi connectivity index (χ1v) is 8.66. The fraction of sp³-hybridized carbons (Fsp3) is 0.909. The van der Waals surface area contributed by atoms with Crippen molar-refractivity contribution in [3.05, 3.63) is 0 Å². The van der Waals surface area contributed by atoms with Crippen LogP contribution in [-0.4, -0.2) is 31.4 Å². The van der Waals surface area contributed by atoms with Gasteiger partial charge in [-0.05, 0) is 31.1 Å². The van der Waals surface area contributed by atoms with Crippen LogP contribution >= 0.6 is 15.9 Å². The monoisotopic (exact) mass is 322 g/mol. The number of carbonyl (C=O) groups is 1. The van der Waals surface area contributed by atoms with Crippen LogP contribution in [0.1, 0.15) is 19.3 Å². The molecule has 0 aromatic heterocycles. The Kier molecular flexibility index (Phi) is 2.69. The van der Waals surface area contributed by atoms with Crippen LogP contribution in [0.4, 0.5) is 0 Å². The molecule has 0 aliphatic heterocycles. The van der Waals surface area contributed by atoms with Gasteiger partial charge in [-0.2, -0.15) is 8.42 Å². The van der Waals surface area contributed by atoms with Crippen LogP contribution in [-0.2, 0) is 19.1 Å². The highest BCUT2D eigenvalue weighted by Crippen LogP contribution is 2.55. The Morgan fingerprint density at radius 1 is 1.18 bits per heavy atom. The molecule has 0 N–H and O–H groups in total. The van der Waals surface area contributed by atoms with Gasteiger partial charge < -0.3 is 0 Å². The van der Waals surface area contributed by atoms with E-state index in [0.29, 0.717) is 10.7 Å². The van der Waals surface area contributed by atoms with Gasteiger partial charge in [-0.25, -0.2) is 0 Å². The van der Waals surface area contributed by atoms with Crippen molar-refractivity contribution in [2.24, 2.45) is 23.7 Å². The number of carbonyl (C=O) groups excluding carboxylic acids is 1. The summed E-state index contributed by atoms with van der Waals surface area (Å²) < 4.78 is 27.7. The van der Waals surface area contributed by atoms with Gasteiger partial charge in [0.05, 0.1) is 12.4 Å². The topological polar surface area (TPSA) is 60.4 Å². The average Bonchev–Trinajstić information content (AvgIpc) is 2.20. The van der Waals surface area contributed by atoms with E-state index in [1.807, 2.05) is 0 Å². The molecule has 4 saturated carbocycles. The lowest BCUT2D eigenvalue weighted by Crippen LogP contribution is -2.59. The molecule has 0 radical (unpaired) electrons. The van der Waals surface area contributed by atoms with E-state index in [2.05, 4.69) is 15.9 Å². The zero-order valence-electron chi connectivity index (χ0n) is 9.50. The molecule has 0 aromatic carbocycles. The predicted molar refractivity (Wildman–Crippen MR) is 65.2 cm³/mol. The zero-order chi connectivity index (χ0) is 12.4. The van der Waals surface area contributed by atoms with Crippen molar-refractivity contribution in [2.45, 2.75) is 30.2 Å². The molecule has 96 valence electrons. The minimum atomic E-state index is -3.47. The van der Waals surface area contributed by atoms with Crippen LogP contribution in [0.3, 0.4) is 0 Å². The maximum Gasteiger partial charge on any atom is 0.264 e. The number of rotatable bonds is 2. The minimum absolute atomic E-state index is 0.0805. The Labute approximate surface area is 109 Å². The maximum atomic E-state index is 12.2. The fourth-order valence-corrected chi connectivity index (χ4v) is 5.46. The smallest absolute Gasteiger partial charge is 0.264 e. The molecule has 0 saturated heterocycles. The van der Waals surface area contributed by atoms with Gasteiger partial charge in [-0.1, -0.05) is 15.9 Å². The normalized spacial score (nSPS) is 48.7. The molecule has 4 rings (SSSR count). The first-order chi connectivity index (χ1) is 7.87. The van der Waals surface area contributed by atoms with E-state index >= 15 is 0 Å². The number of Topliss-reactive ketones (excluding diaryl/α,β-unsaturated/α-hetero) is 1. The van der Waals surface area contributed by atoms with Gasteiger partial charge in [0.15, 0.2) is 0 Å². The van der Waals surface area contributed by atoms with Crippen molar-refractivity contribution >= 4 is 31.8 Å². The van der Waals surface area contributed by atoms with Crippen molar-refractivity contribution in [1.29, 1.82) is 0 Å². The summed E-state index contributed by atoms with van der Waals surface area (Å²) in [6, 6.07) is 0. The quantitative estimate of drug-likeness (QED) is 0.568. The molecule has 0 heterocycles. The van der Waals surface area contributed by atoms with E-state index in [0.717, 1.165) is 25.5 Å². The van der Waals surface area contributed by atoms with Gasteiger partial charge in [-0.15, -0.1) is 0 Å². The summed E-state index contributed by atoms with van der Waals surface area (Å²) >= 11 is 3.62. The molecule has 17 heavy (non-hydrogen) atoms. The Morgan fingerprint density at radius 2 is 1.82 bits per heavy atom. The SMILES string of the molecule is CS(=O)(=O)O[C@H]1C2CC3CC1C(=O)C(C2)[C@@H]3Br. The van der Waals surface area contributed by atoms with Gasteiger partial charge in [0.25, 0.3) is 10.1 Å². The van der Waals surface area contributed by atoms with Crippen LogP contribution in [0.25, 0.3) is 0 Å². The predicted octanol–water partition coefficient (Wildman–Crippen LogP) is 1.34. The highest BCUT2D eigenvalue weighted by molar-refractivity contribution is 9.09. The summed E-state index contributed by atoms with van der Waals surface area (Å²) in [6.07, 6.45) is 3.21. The number of ketones is 1. The van der Waals surface area contributed by atoms with Crippen LogP contribution in [0.15, 0.2) is 0 Å². The molecular weight excluding hydrogens is 308 g/mol. The largest absolute Gasteiger partial charge is 0.299 e. The molecule has 4 unspecified atom stereocenters. The second-order valence-electron chi connectivity index (χ2n) is 5.55. The molecule has 4 aliphatic carbocycles. The highest BCUT2D eigenvalue weighted by Gasteiger charge is 2.58. The highest BCUT2D eigenvalue weighted by atomic mass is 79.9. The zero-order valence-corrected chi connectivity index (χ0v) is 11.9. The fourth-order valence-electron chi connectivity index (χ4n) is 3.86. The minimum Gasteiger partial charge on any atom is -0.299 e. The van der Waals surface area contributed by atoms with Crippen molar-refractivity contribution < 1.29 is 17.4 Å². The maximum absolute atomic E-state index is 12.2. The van der Waals surface area contributed by atoms with Crippen LogP contribution in [0.2, 0.25) is 0 Å². The molecule has 4 aliphatic rings. The Bertz CT molecular complexity index is 460. The van der Waals surface area contributed by atoms with E-state index < -0.39 is 16.2 Å².